The second kappa shape index (κ2) is 5.42. The molecule has 0 aliphatic carbocycles. The van der Waals surface area contributed by atoms with Crippen LogP contribution in [-0.2, 0) is 0 Å². The third-order valence-corrected chi connectivity index (χ3v) is 3.74. The van der Waals surface area contributed by atoms with Gasteiger partial charge in [-0.05, 0) is 50.3 Å². The van der Waals surface area contributed by atoms with Crippen LogP contribution in [0.1, 0.15) is 48.5 Å². The summed E-state index contributed by atoms with van der Waals surface area (Å²) in [5.41, 5.74) is 1.40. The zero-order valence-corrected chi connectivity index (χ0v) is 11.1. The van der Waals surface area contributed by atoms with E-state index in [1.54, 1.807) is 12.1 Å². The van der Waals surface area contributed by atoms with Crippen molar-refractivity contribution in [1.29, 1.82) is 0 Å². The van der Waals surface area contributed by atoms with Crippen molar-refractivity contribution in [3.05, 3.63) is 29.3 Å². The summed E-state index contributed by atoms with van der Waals surface area (Å²) in [5.74, 6) is 0.0690. The molecular weight excluding hydrogens is 226 g/mol. The maximum Gasteiger partial charge on any atom is 0.257 e. The molecule has 2 rings (SSSR count). The Morgan fingerprint density at radius 1 is 1.44 bits per heavy atom. The largest absolute Gasteiger partial charge is 0.507 e. The summed E-state index contributed by atoms with van der Waals surface area (Å²) >= 11 is 0. The maximum atomic E-state index is 12.5. The molecule has 98 valence electrons. The number of rotatable bonds is 2. The number of aryl methyl sites for hydroxylation is 1. The predicted molar refractivity (Wildman–Crippen MR) is 71.8 cm³/mol. The highest BCUT2D eigenvalue weighted by Gasteiger charge is 2.27. The number of phenols is 1. The zero-order valence-electron chi connectivity index (χ0n) is 11.1. The van der Waals surface area contributed by atoms with Crippen molar-refractivity contribution < 1.29 is 9.90 Å². The van der Waals surface area contributed by atoms with Crippen LogP contribution in [-0.4, -0.2) is 28.5 Å². The summed E-state index contributed by atoms with van der Waals surface area (Å²) in [7, 11) is 0. The third kappa shape index (κ3) is 2.50. The van der Waals surface area contributed by atoms with Gasteiger partial charge in [-0.25, -0.2) is 0 Å². The van der Waals surface area contributed by atoms with E-state index in [2.05, 4.69) is 6.92 Å². The Labute approximate surface area is 108 Å². The molecule has 1 aromatic rings. The maximum absolute atomic E-state index is 12.5. The average Bonchev–Trinajstić information content (AvgIpc) is 2.38. The van der Waals surface area contributed by atoms with Crippen LogP contribution in [0, 0.1) is 6.92 Å². The summed E-state index contributed by atoms with van der Waals surface area (Å²) in [4.78, 5) is 14.4. The fourth-order valence-electron chi connectivity index (χ4n) is 2.67. The van der Waals surface area contributed by atoms with Gasteiger partial charge in [0, 0.05) is 12.6 Å². The van der Waals surface area contributed by atoms with Gasteiger partial charge in [-0.2, -0.15) is 0 Å². The normalized spacial score (nSPS) is 19.9. The van der Waals surface area contributed by atoms with Crippen molar-refractivity contribution in [2.24, 2.45) is 0 Å². The van der Waals surface area contributed by atoms with Crippen LogP contribution in [0.15, 0.2) is 18.2 Å². The summed E-state index contributed by atoms with van der Waals surface area (Å²) in [5, 5.41) is 9.90. The number of amides is 1. The monoisotopic (exact) mass is 247 g/mol. The van der Waals surface area contributed by atoms with Gasteiger partial charge in [-0.3, -0.25) is 4.79 Å². The topological polar surface area (TPSA) is 40.5 Å². The Morgan fingerprint density at radius 3 is 2.89 bits per heavy atom. The Kier molecular flexibility index (Phi) is 3.90. The van der Waals surface area contributed by atoms with Gasteiger partial charge < -0.3 is 10.0 Å². The molecule has 1 unspecified atom stereocenters. The molecule has 1 amide bonds. The number of carbonyl (C=O) groups excluding carboxylic acids is 1. The number of benzene rings is 1. The molecule has 0 radical (unpaired) electrons. The standard InChI is InChI=1S/C15H21NO2/c1-3-12-6-4-5-9-16(12)15(18)13-8-7-11(2)10-14(13)17/h7-8,10,12,17H,3-6,9H2,1-2H3. The van der Waals surface area contributed by atoms with Crippen LogP contribution in [0.2, 0.25) is 0 Å². The van der Waals surface area contributed by atoms with Crippen LogP contribution in [0.25, 0.3) is 0 Å². The lowest BCUT2D eigenvalue weighted by molar-refractivity contribution is 0.0605. The molecule has 1 aromatic carbocycles. The van der Waals surface area contributed by atoms with Crippen LogP contribution in [0.3, 0.4) is 0 Å². The van der Waals surface area contributed by atoms with Gasteiger partial charge >= 0.3 is 0 Å². The van der Waals surface area contributed by atoms with Gasteiger partial charge in [0.05, 0.1) is 5.56 Å². The van der Waals surface area contributed by atoms with Crippen molar-refractivity contribution in [3.63, 3.8) is 0 Å². The molecule has 0 spiro atoms. The Balaban J connectivity index is 2.24. The number of likely N-dealkylation sites (tertiary alicyclic amines) is 1. The van der Waals surface area contributed by atoms with Crippen molar-refractivity contribution >= 4 is 5.91 Å². The Bertz CT molecular complexity index is 442. The lowest BCUT2D eigenvalue weighted by Gasteiger charge is -2.35. The molecule has 0 saturated carbocycles. The molecule has 1 aliphatic heterocycles. The van der Waals surface area contributed by atoms with E-state index in [-0.39, 0.29) is 11.7 Å². The summed E-state index contributed by atoms with van der Waals surface area (Å²) < 4.78 is 0. The zero-order chi connectivity index (χ0) is 13.1. The highest BCUT2D eigenvalue weighted by Crippen LogP contribution is 2.25. The summed E-state index contributed by atoms with van der Waals surface area (Å²) in [6.45, 7) is 4.83. The fraction of sp³-hybridized carbons (Fsp3) is 0.533. The van der Waals surface area contributed by atoms with E-state index in [0.29, 0.717) is 11.6 Å². The van der Waals surface area contributed by atoms with Crippen LogP contribution in [0.4, 0.5) is 0 Å². The van der Waals surface area contributed by atoms with Gasteiger partial charge in [0.25, 0.3) is 5.91 Å². The first-order chi connectivity index (χ1) is 8.63. The quantitative estimate of drug-likeness (QED) is 0.872. The molecule has 0 bridgehead atoms. The van der Waals surface area contributed by atoms with Gasteiger partial charge in [-0.15, -0.1) is 0 Å². The number of nitrogens with zero attached hydrogens (tertiary/aromatic N) is 1. The molecule has 3 heteroatoms. The van der Waals surface area contributed by atoms with E-state index in [9.17, 15) is 9.90 Å². The molecule has 18 heavy (non-hydrogen) atoms. The molecular formula is C15H21NO2. The van der Waals surface area contributed by atoms with E-state index < -0.39 is 0 Å². The highest BCUT2D eigenvalue weighted by atomic mass is 16.3. The second-order valence-electron chi connectivity index (χ2n) is 5.08. The molecule has 0 aromatic heterocycles. The molecule has 1 heterocycles. The summed E-state index contributed by atoms with van der Waals surface area (Å²) in [6, 6.07) is 5.58. The fourth-order valence-corrected chi connectivity index (χ4v) is 2.67. The van der Waals surface area contributed by atoms with Crippen molar-refractivity contribution in [1.82, 2.24) is 4.90 Å². The van der Waals surface area contributed by atoms with E-state index in [1.807, 2.05) is 17.9 Å². The van der Waals surface area contributed by atoms with Gasteiger partial charge in [0.15, 0.2) is 0 Å². The molecule has 1 atom stereocenters. The lowest BCUT2D eigenvalue weighted by atomic mass is 9.98. The van der Waals surface area contributed by atoms with Crippen molar-refractivity contribution in [3.8, 4) is 5.75 Å². The molecule has 1 aliphatic rings. The molecule has 1 saturated heterocycles. The predicted octanol–water partition coefficient (Wildman–Crippen LogP) is 3.11. The van der Waals surface area contributed by atoms with E-state index in [4.69, 9.17) is 0 Å². The minimum absolute atomic E-state index is 0.0287. The lowest BCUT2D eigenvalue weighted by Crippen LogP contribution is -2.43. The van der Waals surface area contributed by atoms with Gasteiger partial charge in [0.1, 0.15) is 5.75 Å². The van der Waals surface area contributed by atoms with Crippen LogP contribution >= 0.6 is 0 Å². The minimum atomic E-state index is -0.0287. The smallest absolute Gasteiger partial charge is 0.257 e. The first kappa shape index (κ1) is 12.9. The number of aromatic hydroxyl groups is 1. The molecule has 1 N–H and O–H groups in total. The SMILES string of the molecule is CCC1CCCCN1C(=O)c1ccc(C)cc1O. The molecule has 3 nitrogen and oxygen atoms in total. The second-order valence-corrected chi connectivity index (χ2v) is 5.08. The number of hydrogen-bond acceptors (Lipinski definition) is 2. The molecule has 1 fully saturated rings. The minimum Gasteiger partial charge on any atom is -0.507 e. The first-order valence-corrected chi connectivity index (χ1v) is 6.74. The third-order valence-electron chi connectivity index (χ3n) is 3.74. The number of hydrogen-bond donors (Lipinski definition) is 1. The van der Waals surface area contributed by atoms with E-state index in [1.165, 1.54) is 6.42 Å². The van der Waals surface area contributed by atoms with Gasteiger partial charge in [0.2, 0.25) is 0 Å². The Hall–Kier alpha value is -1.51. The summed E-state index contributed by atoms with van der Waals surface area (Å²) in [6.07, 6.45) is 4.32. The number of piperidine rings is 1. The van der Waals surface area contributed by atoms with Crippen LogP contribution < -0.4 is 0 Å². The number of phenolic OH excluding ortho intramolecular Hbond substituents is 1. The number of carbonyl (C=O) groups is 1. The van der Waals surface area contributed by atoms with Crippen molar-refractivity contribution in [2.75, 3.05) is 6.54 Å². The highest BCUT2D eigenvalue weighted by molar-refractivity contribution is 5.97. The average molecular weight is 247 g/mol. The van der Waals surface area contributed by atoms with Gasteiger partial charge in [-0.1, -0.05) is 13.0 Å². The van der Waals surface area contributed by atoms with Crippen molar-refractivity contribution in [2.45, 2.75) is 45.6 Å². The van der Waals surface area contributed by atoms with E-state index in [0.717, 1.165) is 31.4 Å². The Morgan fingerprint density at radius 2 is 2.22 bits per heavy atom. The first-order valence-electron chi connectivity index (χ1n) is 6.74. The van der Waals surface area contributed by atoms with Crippen LogP contribution in [0.5, 0.6) is 5.75 Å². The van der Waals surface area contributed by atoms with E-state index >= 15 is 0 Å².